The molecule has 0 fully saturated rings. The number of benzene rings is 3. The fourth-order valence-electron chi connectivity index (χ4n) is 3.82. The first-order chi connectivity index (χ1) is 18.7. The predicted molar refractivity (Wildman–Crippen MR) is 152 cm³/mol. The molecule has 3 rings (SSSR count). The van der Waals surface area contributed by atoms with Crippen LogP contribution in [0.1, 0.15) is 73.9 Å². The van der Waals surface area contributed by atoms with Gasteiger partial charge in [-0.15, -0.1) is 0 Å². The van der Waals surface area contributed by atoms with Crippen molar-refractivity contribution in [2.75, 3.05) is 23.8 Å². The van der Waals surface area contributed by atoms with E-state index >= 15 is 0 Å². The zero-order chi connectivity index (χ0) is 28.4. The molecule has 39 heavy (non-hydrogen) atoms. The Kier molecular flexibility index (Phi) is 10.5. The minimum absolute atomic E-state index is 0.0394. The monoisotopic (exact) mass is 532 g/mol. The molecular formula is C31H36N2O6. The van der Waals surface area contributed by atoms with E-state index < -0.39 is 17.8 Å². The van der Waals surface area contributed by atoms with Crippen molar-refractivity contribution in [2.45, 2.75) is 52.4 Å². The molecule has 0 unspecified atom stereocenters. The van der Waals surface area contributed by atoms with Gasteiger partial charge >= 0.3 is 5.97 Å². The molecule has 0 saturated heterocycles. The summed E-state index contributed by atoms with van der Waals surface area (Å²) in [5, 5.41) is 14.7. The van der Waals surface area contributed by atoms with E-state index in [2.05, 4.69) is 38.3 Å². The Balaban J connectivity index is 1.61. The number of carbonyl (C=O) groups is 3. The lowest BCUT2D eigenvalue weighted by atomic mass is 9.99. The molecule has 0 bridgehead atoms. The van der Waals surface area contributed by atoms with E-state index in [0.717, 1.165) is 12.8 Å². The van der Waals surface area contributed by atoms with Gasteiger partial charge in [0.15, 0.2) is 13.2 Å². The molecule has 206 valence electrons. The van der Waals surface area contributed by atoms with Gasteiger partial charge in [0.1, 0.15) is 11.5 Å². The molecule has 0 aliphatic rings. The normalized spacial score (nSPS) is 12.2. The minimum atomic E-state index is -1.16. The quantitative estimate of drug-likeness (QED) is 0.233. The number of hydrogen-bond acceptors (Lipinski definition) is 5. The van der Waals surface area contributed by atoms with Crippen LogP contribution in [0.3, 0.4) is 0 Å². The number of hydrogen-bond donors (Lipinski definition) is 3. The van der Waals surface area contributed by atoms with Gasteiger partial charge in [0.05, 0.1) is 16.9 Å². The Morgan fingerprint density at radius 2 is 1.13 bits per heavy atom. The number of carboxylic acid groups (broad SMARTS) is 1. The maximum Gasteiger partial charge on any atom is 0.335 e. The van der Waals surface area contributed by atoms with E-state index in [-0.39, 0.29) is 30.2 Å². The van der Waals surface area contributed by atoms with Gasteiger partial charge in [-0.1, -0.05) is 52.0 Å². The average molecular weight is 533 g/mol. The van der Waals surface area contributed by atoms with Crippen molar-refractivity contribution < 1.29 is 29.0 Å². The Hall–Kier alpha value is -4.33. The highest BCUT2D eigenvalue weighted by Gasteiger charge is 2.15. The molecule has 0 aliphatic carbocycles. The van der Waals surface area contributed by atoms with Crippen molar-refractivity contribution in [1.82, 2.24) is 0 Å². The highest BCUT2D eigenvalue weighted by Crippen LogP contribution is 2.25. The number of rotatable bonds is 13. The van der Waals surface area contributed by atoms with Gasteiger partial charge in [0, 0.05) is 0 Å². The standard InChI is InChI=1S/C31H36N2O6/c1-5-20(3)22-7-12-25(13-8-22)38-18-29(34)32-27-16-11-24(31(36)37)17-28(27)33-30(35)19-39-26-14-9-23(10-15-26)21(4)6-2/h7-17,20-21H,5-6,18-19H2,1-4H3,(H,32,34)(H,33,35)(H,36,37)/t20-,21-/m0/s1. The van der Waals surface area contributed by atoms with Crippen LogP contribution < -0.4 is 20.1 Å². The van der Waals surface area contributed by atoms with Gasteiger partial charge in [-0.25, -0.2) is 4.79 Å². The lowest BCUT2D eigenvalue weighted by Gasteiger charge is -2.15. The van der Waals surface area contributed by atoms with E-state index in [1.165, 1.54) is 29.3 Å². The summed E-state index contributed by atoms with van der Waals surface area (Å²) >= 11 is 0. The van der Waals surface area contributed by atoms with E-state index in [1.54, 1.807) is 0 Å². The van der Waals surface area contributed by atoms with Crippen molar-refractivity contribution in [1.29, 1.82) is 0 Å². The number of nitrogens with one attached hydrogen (secondary N) is 2. The highest BCUT2D eigenvalue weighted by atomic mass is 16.5. The van der Waals surface area contributed by atoms with E-state index in [0.29, 0.717) is 23.3 Å². The van der Waals surface area contributed by atoms with Crippen LogP contribution in [0.25, 0.3) is 0 Å². The third-order valence-electron chi connectivity index (χ3n) is 6.68. The average Bonchev–Trinajstić information content (AvgIpc) is 2.95. The molecule has 3 aromatic carbocycles. The van der Waals surface area contributed by atoms with Crippen molar-refractivity contribution in [3.05, 3.63) is 83.4 Å². The zero-order valence-electron chi connectivity index (χ0n) is 22.8. The van der Waals surface area contributed by atoms with Crippen LogP contribution in [0, 0.1) is 0 Å². The molecular weight excluding hydrogens is 496 g/mol. The van der Waals surface area contributed by atoms with Crippen LogP contribution in [0.15, 0.2) is 66.7 Å². The molecule has 2 atom stereocenters. The Bertz CT molecular complexity index is 1270. The fraction of sp³-hybridized carbons (Fsp3) is 0.323. The third-order valence-corrected chi connectivity index (χ3v) is 6.68. The second kappa shape index (κ2) is 14.0. The number of amides is 2. The number of anilines is 2. The van der Waals surface area contributed by atoms with Gasteiger partial charge in [-0.2, -0.15) is 0 Å². The van der Waals surface area contributed by atoms with Crippen LogP contribution in [-0.4, -0.2) is 36.1 Å². The van der Waals surface area contributed by atoms with Crippen LogP contribution in [0.2, 0.25) is 0 Å². The molecule has 0 aliphatic heterocycles. The first kappa shape index (κ1) is 29.2. The van der Waals surface area contributed by atoms with E-state index in [4.69, 9.17) is 9.47 Å². The van der Waals surface area contributed by atoms with Crippen LogP contribution in [0.5, 0.6) is 11.5 Å². The summed E-state index contributed by atoms with van der Waals surface area (Å²) in [5.41, 5.74) is 2.73. The Morgan fingerprint density at radius 1 is 0.692 bits per heavy atom. The lowest BCUT2D eigenvalue weighted by molar-refractivity contribution is -0.119. The molecule has 0 aromatic heterocycles. The first-order valence-electron chi connectivity index (χ1n) is 13.1. The van der Waals surface area contributed by atoms with Crippen LogP contribution >= 0.6 is 0 Å². The smallest absolute Gasteiger partial charge is 0.335 e. The summed E-state index contributed by atoms with van der Waals surface area (Å²) in [6, 6.07) is 19.2. The molecule has 0 radical (unpaired) electrons. The predicted octanol–water partition coefficient (Wildman–Crippen LogP) is 6.45. The molecule has 0 spiro atoms. The maximum atomic E-state index is 12.6. The Labute approximate surface area is 229 Å². The molecule has 8 nitrogen and oxygen atoms in total. The number of ether oxygens (including phenoxy) is 2. The molecule has 3 aromatic rings. The number of carbonyl (C=O) groups excluding carboxylic acids is 2. The zero-order valence-corrected chi connectivity index (χ0v) is 22.8. The second-order valence-electron chi connectivity index (χ2n) is 9.50. The molecule has 2 amide bonds. The fourth-order valence-corrected chi connectivity index (χ4v) is 3.82. The molecule has 3 N–H and O–H groups in total. The lowest BCUT2D eigenvalue weighted by Crippen LogP contribution is -2.24. The van der Waals surface area contributed by atoms with Crippen molar-refractivity contribution in [3.63, 3.8) is 0 Å². The molecule has 0 heterocycles. The SMILES string of the molecule is CC[C@H](C)c1ccc(OCC(=O)Nc2ccc(C(=O)O)cc2NC(=O)COc2ccc([C@@H](C)CC)cc2)cc1. The largest absolute Gasteiger partial charge is 0.484 e. The number of aromatic carboxylic acids is 1. The Morgan fingerprint density at radius 3 is 1.54 bits per heavy atom. The van der Waals surface area contributed by atoms with E-state index in [1.807, 2.05) is 48.5 Å². The highest BCUT2D eigenvalue weighted by molar-refractivity contribution is 6.02. The topological polar surface area (TPSA) is 114 Å². The van der Waals surface area contributed by atoms with Gasteiger partial charge < -0.3 is 25.2 Å². The summed E-state index contributed by atoms with van der Waals surface area (Å²) < 4.78 is 11.2. The second-order valence-corrected chi connectivity index (χ2v) is 9.50. The summed E-state index contributed by atoms with van der Waals surface area (Å²) in [5.74, 6) is -0.164. The van der Waals surface area contributed by atoms with Crippen molar-refractivity contribution >= 4 is 29.2 Å². The first-order valence-corrected chi connectivity index (χ1v) is 13.1. The number of carboxylic acids is 1. The molecule has 0 saturated carbocycles. The minimum Gasteiger partial charge on any atom is -0.484 e. The third kappa shape index (κ3) is 8.60. The van der Waals surface area contributed by atoms with Crippen molar-refractivity contribution in [2.24, 2.45) is 0 Å². The van der Waals surface area contributed by atoms with E-state index in [9.17, 15) is 19.5 Å². The van der Waals surface area contributed by atoms with Crippen LogP contribution in [0.4, 0.5) is 11.4 Å². The summed E-state index contributed by atoms with van der Waals surface area (Å²) in [7, 11) is 0. The maximum absolute atomic E-state index is 12.6. The summed E-state index contributed by atoms with van der Waals surface area (Å²) in [6.45, 7) is 7.98. The van der Waals surface area contributed by atoms with Crippen LogP contribution in [-0.2, 0) is 9.59 Å². The summed E-state index contributed by atoms with van der Waals surface area (Å²) in [6.07, 6.45) is 2.05. The molecule has 8 heteroatoms. The van der Waals surface area contributed by atoms with Crippen molar-refractivity contribution in [3.8, 4) is 11.5 Å². The summed E-state index contributed by atoms with van der Waals surface area (Å²) in [4.78, 5) is 36.7. The van der Waals surface area contributed by atoms with Gasteiger partial charge in [0.25, 0.3) is 11.8 Å². The van der Waals surface area contributed by atoms with Gasteiger partial charge in [-0.05, 0) is 78.3 Å². The van der Waals surface area contributed by atoms with Gasteiger partial charge in [0.2, 0.25) is 0 Å². The van der Waals surface area contributed by atoms with Gasteiger partial charge in [-0.3, -0.25) is 9.59 Å².